The van der Waals surface area contributed by atoms with Gasteiger partial charge in [0.1, 0.15) is 0 Å². The molecule has 0 unspecified atom stereocenters. The summed E-state index contributed by atoms with van der Waals surface area (Å²) in [5.41, 5.74) is 2.90. The minimum Gasteiger partial charge on any atom is 1.00 e. The van der Waals surface area contributed by atoms with Crippen LogP contribution in [0.4, 0.5) is 36.8 Å². The summed E-state index contributed by atoms with van der Waals surface area (Å²) in [6.45, 7) is 18.3. The SMILES string of the molecule is CC(C)[PH+](Nc1ccccn1)C(C)C.CC(C)[PH+](Nc1ccccn1)C(C)C.F[P-](F)(F)(F)(F)F.[Cu+]. The van der Waals surface area contributed by atoms with Crippen LogP contribution in [0.1, 0.15) is 55.4 Å². The fourth-order valence-corrected chi connectivity index (χ4v) is 7.79. The Morgan fingerprint density at radius 1 is 0.583 bits per heavy atom. The molecule has 14 heteroatoms. The number of hydrogen-bond acceptors (Lipinski definition) is 4. The summed E-state index contributed by atoms with van der Waals surface area (Å²) in [6.07, 6.45) is 3.67. The van der Waals surface area contributed by atoms with E-state index in [1.807, 2.05) is 48.8 Å². The van der Waals surface area contributed by atoms with Crippen molar-refractivity contribution in [3.05, 3.63) is 48.8 Å². The summed E-state index contributed by atoms with van der Waals surface area (Å²) < 4.78 is 59.2. The quantitative estimate of drug-likeness (QED) is 0.173. The molecule has 0 spiro atoms. The summed E-state index contributed by atoms with van der Waals surface area (Å²) in [5, 5.41) is 7.14. The number of aromatic nitrogens is 2. The third-order valence-corrected chi connectivity index (χ3v) is 10.4. The topological polar surface area (TPSA) is 49.8 Å². The molecule has 0 aliphatic rings. The second-order valence-electron chi connectivity index (χ2n) is 9.17. The van der Waals surface area contributed by atoms with Gasteiger partial charge < -0.3 is 0 Å². The van der Waals surface area contributed by atoms with E-state index >= 15 is 0 Å². The standard InChI is InChI=1S/2C11H19N2P.Cu.F6P/c2*1-9(2)14(10(3)4)13-11-7-5-6-8-12-11;;1-7(2,3,4,5)6/h2*5-10H,1-4H3,(H,12,13);;/q;;+1;-1/p+2. The number of halogens is 6. The second kappa shape index (κ2) is 15.0. The summed E-state index contributed by atoms with van der Waals surface area (Å²) in [7, 11) is -11.7. The van der Waals surface area contributed by atoms with Gasteiger partial charge in [-0.2, -0.15) is 0 Å². The van der Waals surface area contributed by atoms with E-state index in [0.717, 1.165) is 34.3 Å². The number of hydrogen-bond donors (Lipinski definition) is 2. The monoisotopic (exact) mass is 630 g/mol. The minimum atomic E-state index is -10.7. The van der Waals surface area contributed by atoms with E-state index in [-0.39, 0.29) is 17.1 Å². The molecule has 0 bridgehead atoms. The van der Waals surface area contributed by atoms with Gasteiger partial charge in [0.15, 0.2) is 11.6 Å². The summed E-state index contributed by atoms with van der Waals surface area (Å²) >= 11 is 0. The third kappa shape index (κ3) is 22.5. The van der Waals surface area contributed by atoms with E-state index in [2.05, 4.69) is 75.5 Å². The van der Waals surface area contributed by atoms with Crippen molar-refractivity contribution in [3.8, 4) is 0 Å². The molecule has 2 aromatic rings. The zero-order valence-corrected chi connectivity index (χ0v) is 25.7. The molecule has 2 rings (SSSR count). The smallest absolute Gasteiger partial charge is 1.00 e. The van der Waals surface area contributed by atoms with Crippen molar-refractivity contribution in [3.63, 3.8) is 0 Å². The fourth-order valence-electron chi connectivity index (χ4n) is 3.08. The van der Waals surface area contributed by atoms with E-state index in [1.165, 1.54) is 0 Å². The average Bonchev–Trinajstić information content (AvgIpc) is 2.69. The molecule has 0 radical (unpaired) electrons. The first-order valence-corrected chi connectivity index (χ1v) is 16.7. The van der Waals surface area contributed by atoms with Crippen LogP contribution in [0, 0.1) is 0 Å². The molecule has 0 fully saturated rings. The van der Waals surface area contributed by atoms with E-state index < -0.39 is 24.0 Å². The summed E-state index contributed by atoms with van der Waals surface area (Å²) in [5.74, 6) is 2.03. The number of nitrogens with zero attached hydrogens (tertiary/aromatic N) is 2. The van der Waals surface area contributed by atoms with Gasteiger partial charge in [0.2, 0.25) is 0 Å². The van der Waals surface area contributed by atoms with Crippen molar-refractivity contribution < 1.29 is 42.3 Å². The first kappa shape index (κ1) is 37.4. The van der Waals surface area contributed by atoms with Gasteiger partial charge >= 0.3 is 50.1 Å². The van der Waals surface area contributed by atoms with Crippen molar-refractivity contribution in [2.24, 2.45) is 0 Å². The van der Waals surface area contributed by atoms with Crippen LogP contribution in [0.2, 0.25) is 0 Å². The molecule has 0 aliphatic carbocycles. The van der Waals surface area contributed by atoms with Gasteiger partial charge in [0.05, 0.1) is 38.8 Å². The molecule has 0 saturated heterocycles. The molecule has 2 aromatic heterocycles. The van der Waals surface area contributed by atoms with Crippen molar-refractivity contribution in [1.82, 2.24) is 9.97 Å². The first-order chi connectivity index (χ1) is 15.7. The number of pyridine rings is 2. The number of nitrogens with one attached hydrogen (secondary N) is 2. The number of anilines is 2. The predicted octanol–water partition coefficient (Wildman–Crippen LogP) is 10.3. The van der Waals surface area contributed by atoms with Crippen LogP contribution in [0.25, 0.3) is 0 Å². The predicted molar refractivity (Wildman–Crippen MR) is 146 cm³/mol. The maximum atomic E-state index is 9.87. The van der Waals surface area contributed by atoms with Gasteiger partial charge in [-0.3, -0.25) is 0 Å². The first-order valence-electron chi connectivity index (χ1n) is 11.3. The Labute approximate surface area is 224 Å². The van der Waals surface area contributed by atoms with Crippen LogP contribution in [-0.4, -0.2) is 32.6 Å². The Morgan fingerprint density at radius 3 is 1.00 bits per heavy atom. The minimum absolute atomic E-state index is 0. The van der Waals surface area contributed by atoms with Crippen LogP contribution in [0.5, 0.6) is 0 Å². The molecular weight excluding hydrogens is 591 g/mol. The maximum Gasteiger partial charge on any atom is 1.00 e. The van der Waals surface area contributed by atoms with E-state index in [1.54, 1.807) is 0 Å². The normalized spacial score (nSPS) is 13.3. The van der Waals surface area contributed by atoms with Crippen molar-refractivity contribution in [1.29, 1.82) is 0 Å². The molecule has 0 amide bonds. The summed E-state index contributed by atoms with van der Waals surface area (Å²) in [4.78, 5) is 8.60. The van der Waals surface area contributed by atoms with Crippen LogP contribution in [0.15, 0.2) is 48.8 Å². The molecule has 4 nitrogen and oxygen atoms in total. The van der Waals surface area contributed by atoms with Crippen LogP contribution in [-0.2, 0) is 17.1 Å². The zero-order valence-electron chi connectivity index (χ0n) is 21.8. The Balaban J connectivity index is 0. The zero-order chi connectivity index (χ0) is 27.5. The molecule has 0 aromatic carbocycles. The van der Waals surface area contributed by atoms with Gasteiger partial charge in [-0.05, 0) is 79.7 Å². The van der Waals surface area contributed by atoms with Crippen LogP contribution in [0.3, 0.4) is 0 Å². The Morgan fingerprint density at radius 2 is 0.833 bits per heavy atom. The van der Waals surface area contributed by atoms with Gasteiger partial charge in [0, 0.05) is 12.4 Å². The van der Waals surface area contributed by atoms with E-state index in [0.29, 0.717) is 0 Å². The van der Waals surface area contributed by atoms with Crippen LogP contribution < -0.4 is 10.2 Å². The van der Waals surface area contributed by atoms with Gasteiger partial charge in [-0.25, -0.2) is 20.1 Å². The van der Waals surface area contributed by atoms with Gasteiger partial charge in [-0.1, -0.05) is 12.1 Å². The van der Waals surface area contributed by atoms with E-state index in [4.69, 9.17) is 0 Å². The average molecular weight is 631 g/mol. The molecular formula is C22H40CuF6N4P3+2. The Kier molecular flexibility index (Phi) is 15.6. The number of rotatable bonds is 8. The van der Waals surface area contributed by atoms with Gasteiger partial charge in [-0.15, -0.1) is 0 Å². The van der Waals surface area contributed by atoms with Crippen LogP contribution >= 0.6 is 24.0 Å². The third-order valence-electron chi connectivity index (χ3n) is 4.36. The fraction of sp³-hybridized carbons (Fsp3) is 0.545. The van der Waals surface area contributed by atoms with Crippen molar-refractivity contribution >= 4 is 35.6 Å². The molecule has 36 heavy (non-hydrogen) atoms. The maximum absolute atomic E-state index is 10.7. The largest absolute Gasteiger partial charge is 1.00 e. The van der Waals surface area contributed by atoms with Crippen molar-refractivity contribution in [2.45, 2.75) is 78.0 Å². The van der Waals surface area contributed by atoms with Crippen molar-refractivity contribution in [2.75, 3.05) is 10.2 Å². The van der Waals surface area contributed by atoms with E-state index in [9.17, 15) is 25.2 Å². The molecule has 2 heterocycles. The Hall–Kier alpha value is -0.711. The molecule has 214 valence electrons. The molecule has 0 aliphatic heterocycles. The molecule has 0 atom stereocenters. The molecule has 0 saturated carbocycles. The molecule has 2 N–H and O–H groups in total. The van der Waals surface area contributed by atoms with Gasteiger partial charge in [0.25, 0.3) is 0 Å². The second-order valence-corrected chi connectivity index (χ2v) is 18.0. The summed E-state index contributed by atoms with van der Waals surface area (Å²) in [6, 6.07) is 12.0. The Bertz CT molecular complexity index is 758.